The van der Waals surface area contributed by atoms with Gasteiger partial charge < -0.3 is 15.0 Å². The van der Waals surface area contributed by atoms with Gasteiger partial charge in [0.25, 0.3) is 5.56 Å². The van der Waals surface area contributed by atoms with Gasteiger partial charge in [0, 0.05) is 11.8 Å². The van der Waals surface area contributed by atoms with E-state index >= 15 is 0 Å². The van der Waals surface area contributed by atoms with Crippen molar-refractivity contribution < 1.29 is 9.53 Å². The Morgan fingerprint density at radius 1 is 1.30 bits per heavy atom. The minimum absolute atomic E-state index is 0.0530. The molecule has 27 heavy (non-hydrogen) atoms. The second-order valence-electron chi connectivity index (χ2n) is 6.93. The number of nitrogens with zero attached hydrogens (tertiary/aromatic N) is 1. The number of carbonyl (C=O) groups excluding carboxylic acids is 1. The van der Waals surface area contributed by atoms with Crippen LogP contribution in [0.3, 0.4) is 0 Å². The number of carbonyl (C=O) groups is 1. The summed E-state index contributed by atoms with van der Waals surface area (Å²) in [5.41, 5.74) is 3.29. The zero-order chi connectivity index (χ0) is 20.0. The summed E-state index contributed by atoms with van der Waals surface area (Å²) < 4.78 is 5.49. The van der Waals surface area contributed by atoms with Crippen LogP contribution in [0.2, 0.25) is 0 Å². The monoisotopic (exact) mass is 389 g/mol. The lowest BCUT2D eigenvalue weighted by Gasteiger charge is -2.16. The molecule has 0 aliphatic heterocycles. The fraction of sp³-hybridized carbons (Fsp3) is 0.450. The van der Waals surface area contributed by atoms with Crippen molar-refractivity contribution in [1.29, 1.82) is 0 Å². The maximum Gasteiger partial charge on any atom is 0.251 e. The Labute approximate surface area is 164 Å². The molecule has 6 nitrogen and oxygen atoms in total. The predicted molar refractivity (Wildman–Crippen MR) is 109 cm³/mol. The zero-order valence-corrected chi connectivity index (χ0v) is 17.3. The van der Waals surface area contributed by atoms with Gasteiger partial charge in [-0.25, -0.2) is 4.98 Å². The summed E-state index contributed by atoms with van der Waals surface area (Å²) in [7, 11) is 0. The largest absolute Gasteiger partial charge is 0.373 e. The van der Waals surface area contributed by atoms with E-state index in [1.54, 1.807) is 0 Å². The van der Waals surface area contributed by atoms with Gasteiger partial charge in [-0.3, -0.25) is 9.59 Å². The first kappa shape index (κ1) is 21.2. The molecule has 0 spiro atoms. The number of thioether (sulfide) groups is 1. The molecule has 0 bridgehead atoms. The molecule has 146 valence electrons. The van der Waals surface area contributed by atoms with Crippen molar-refractivity contribution in [3.8, 4) is 0 Å². The third kappa shape index (κ3) is 6.52. The highest BCUT2D eigenvalue weighted by atomic mass is 32.2. The highest BCUT2D eigenvalue weighted by molar-refractivity contribution is 7.99. The number of H-pyrrole nitrogens is 1. The predicted octanol–water partition coefficient (Wildman–Crippen LogP) is 3.86. The second-order valence-corrected chi connectivity index (χ2v) is 7.90. The first-order valence-corrected chi connectivity index (χ1v) is 9.98. The van der Waals surface area contributed by atoms with Crippen molar-refractivity contribution in [3.05, 3.63) is 51.4 Å². The molecule has 0 saturated carbocycles. The molecule has 2 aromatic rings. The van der Waals surface area contributed by atoms with Gasteiger partial charge in [0.2, 0.25) is 5.91 Å². The van der Waals surface area contributed by atoms with Gasteiger partial charge in [0.1, 0.15) is 0 Å². The van der Waals surface area contributed by atoms with Crippen molar-refractivity contribution in [3.63, 3.8) is 0 Å². The van der Waals surface area contributed by atoms with Crippen molar-refractivity contribution >= 4 is 23.4 Å². The molecule has 2 N–H and O–H groups in total. The Morgan fingerprint density at radius 3 is 2.70 bits per heavy atom. The smallest absolute Gasteiger partial charge is 0.251 e. The summed E-state index contributed by atoms with van der Waals surface area (Å²) in [6, 6.07) is 7.41. The van der Waals surface area contributed by atoms with E-state index in [0.29, 0.717) is 16.8 Å². The van der Waals surface area contributed by atoms with Gasteiger partial charge in [0.05, 0.1) is 24.2 Å². The lowest BCUT2D eigenvalue weighted by molar-refractivity contribution is -0.113. The Kier molecular flexibility index (Phi) is 7.62. The fourth-order valence-corrected chi connectivity index (χ4v) is 3.22. The van der Waals surface area contributed by atoms with Crippen LogP contribution >= 0.6 is 11.8 Å². The quantitative estimate of drug-likeness (QED) is 0.529. The SMILES string of the molecule is Cc1cccc(C(C)C)c1NC(=O)CSc1nc(COC(C)C)cc(=O)[nH]1. The molecule has 0 aliphatic rings. The molecule has 0 atom stereocenters. The maximum atomic E-state index is 12.4. The van der Waals surface area contributed by atoms with Crippen LogP contribution in [0.25, 0.3) is 0 Å². The summed E-state index contributed by atoms with van der Waals surface area (Å²) in [5, 5.41) is 3.41. The number of rotatable bonds is 8. The molecule has 1 aromatic carbocycles. The Hall–Kier alpha value is -2.12. The minimum atomic E-state index is -0.253. The van der Waals surface area contributed by atoms with Gasteiger partial charge in [-0.2, -0.15) is 0 Å². The number of anilines is 1. The summed E-state index contributed by atoms with van der Waals surface area (Å²) in [5.74, 6) is 0.328. The second kappa shape index (κ2) is 9.71. The Morgan fingerprint density at radius 2 is 2.04 bits per heavy atom. The lowest BCUT2D eigenvalue weighted by atomic mass is 9.98. The highest BCUT2D eigenvalue weighted by Crippen LogP contribution is 2.27. The third-order valence-electron chi connectivity index (χ3n) is 3.87. The van der Waals surface area contributed by atoms with Crippen molar-refractivity contribution in [2.24, 2.45) is 0 Å². The van der Waals surface area contributed by atoms with E-state index in [0.717, 1.165) is 16.8 Å². The van der Waals surface area contributed by atoms with Gasteiger partial charge in [0.15, 0.2) is 5.16 Å². The maximum absolute atomic E-state index is 12.4. The van der Waals surface area contributed by atoms with Crippen LogP contribution in [0, 0.1) is 6.92 Å². The Balaban J connectivity index is 2.03. The molecular formula is C20H27N3O3S. The number of ether oxygens (including phenoxy) is 1. The van der Waals surface area contributed by atoms with E-state index < -0.39 is 0 Å². The molecule has 1 amide bonds. The van der Waals surface area contributed by atoms with Crippen LogP contribution in [-0.2, 0) is 16.1 Å². The van der Waals surface area contributed by atoms with Crippen molar-refractivity contribution in [1.82, 2.24) is 9.97 Å². The summed E-state index contributed by atoms with van der Waals surface area (Å²) in [6.07, 6.45) is 0.0530. The first-order valence-electron chi connectivity index (χ1n) is 9.00. The fourth-order valence-electron chi connectivity index (χ4n) is 2.53. The molecule has 0 saturated heterocycles. The number of nitrogens with one attached hydrogen (secondary N) is 2. The summed E-state index contributed by atoms with van der Waals surface area (Å²) in [6.45, 7) is 10.3. The minimum Gasteiger partial charge on any atom is -0.373 e. The standard InChI is InChI=1S/C20H27N3O3S/c1-12(2)16-8-6-7-14(5)19(16)22-18(25)11-27-20-21-15(9-17(24)23-20)10-26-13(3)4/h6-9,12-13H,10-11H2,1-5H3,(H,22,25)(H,21,23,24). The van der Waals surface area contributed by atoms with E-state index in [2.05, 4.69) is 29.1 Å². The van der Waals surface area contributed by atoms with Crippen LogP contribution < -0.4 is 10.9 Å². The number of benzene rings is 1. The molecule has 1 heterocycles. The van der Waals surface area contributed by atoms with E-state index in [4.69, 9.17) is 4.74 Å². The van der Waals surface area contributed by atoms with Crippen LogP contribution in [0.1, 0.15) is 50.4 Å². The average Bonchev–Trinajstić information content (AvgIpc) is 2.59. The number of para-hydroxylation sites is 1. The van der Waals surface area contributed by atoms with E-state index in [1.807, 2.05) is 39.0 Å². The molecule has 7 heteroatoms. The summed E-state index contributed by atoms with van der Waals surface area (Å²) in [4.78, 5) is 31.2. The molecule has 0 aliphatic carbocycles. The van der Waals surface area contributed by atoms with E-state index in [9.17, 15) is 9.59 Å². The molecule has 0 fully saturated rings. The molecule has 0 radical (unpaired) electrons. The average molecular weight is 390 g/mol. The van der Waals surface area contributed by atoms with E-state index in [-0.39, 0.29) is 29.9 Å². The van der Waals surface area contributed by atoms with Gasteiger partial charge in [-0.1, -0.05) is 43.8 Å². The number of hydrogen-bond acceptors (Lipinski definition) is 5. The van der Waals surface area contributed by atoms with Gasteiger partial charge in [-0.15, -0.1) is 0 Å². The molecular weight excluding hydrogens is 362 g/mol. The first-order chi connectivity index (χ1) is 12.8. The number of aryl methyl sites for hydroxylation is 1. The van der Waals surface area contributed by atoms with Crippen LogP contribution in [0.5, 0.6) is 0 Å². The van der Waals surface area contributed by atoms with Crippen LogP contribution in [0.4, 0.5) is 5.69 Å². The highest BCUT2D eigenvalue weighted by Gasteiger charge is 2.13. The van der Waals surface area contributed by atoms with E-state index in [1.165, 1.54) is 17.8 Å². The normalized spacial score (nSPS) is 11.2. The zero-order valence-electron chi connectivity index (χ0n) is 16.5. The number of aromatic nitrogens is 2. The number of amides is 1. The molecule has 2 rings (SSSR count). The van der Waals surface area contributed by atoms with Crippen molar-refractivity contribution in [2.75, 3.05) is 11.1 Å². The topological polar surface area (TPSA) is 84.1 Å². The molecule has 0 unspecified atom stereocenters. The lowest BCUT2D eigenvalue weighted by Crippen LogP contribution is -2.18. The number of aromatic amines is 1. The Bertz CT molecular complexity index is 847. The van der Waals surface area contributed by atoms with Gasteiger partial charge in [-0.05, 0) is 37.8 Å². The molecule has 1 aromatic heterocycles. The summed E-state index contributed by atoms with van der Waals surface area (Å²) >= 11 is 1.20. The third-order valence-corrected chi connectivity index (χ3v) is 4.74. The van der Waals surface area contributed by atoms with Crippen LogP contribution in [-0.4, -0.2) is 27.7 Å². The van der Waals surface area contributed by atoms with Crippen LogP contribution in [0.15, 0.2) is 34.2 Å². The van der Waals surface area contributed by atoms with Gasteiger partial charge >= 0.3 is 0 Å². The number of hydrogen-bond donors (Lipinski definition) is 2. The van der Waals surface area contributed by atoms with Crippen molar-refractivity contribution in [2.45, 2.75) is 58.4 Å².